The van der Waals surface area contributed by atoms with E-state index in [1.54, 1.807) is 36.4 Å². The molecule has 4 rings (SSSR count). The van der Waals surface area contributed by atoms with E-state index in [-0.39, 0.29) is 18.4 Å². The van der Waals surface area contributed by atoms with E-state index in [2.05, 4.69) is 5.32 Å². The molecule has 138 valence electrons. The van der Waals surface area contributed by atoms with E-state index < -0.39 is 6.17 Å². The lowest BCUT2D eigenvalue weighted by Gasteiger charge is -2.15. The number of carbonyl (C=O) groups is 2. The zero-order valence-electron chi connectivity index (χ0n) is 14.1. The maximum Gasteiger partial charge on any atom is 0.263 e. The van der Waals surface area contributed by atoms with Gasteiger partial charge in [0.1, 0.15) is 22.0 Å². The zero-order valence-corrected chi connectivity index (χ0v) is 15.7. The summed E-state index contributed by atoms with van der Waals surface area (Å²) in [5.41, 5.74) is 1.23. The number of carbonyl (C=O) groups excluding carboxylic acids is 2. The average molecular weight is 402 g/mol. The van der Waals surface area contributed by atoms with Crippen LogP contribution in [0.2, 0.25) is 0 Å². The molecule has 8 heteroatoms. The van der Waals surface area contributed by atoms with Crippen LogP contribution in [0.5, 0.6) is 0 Å². The van der Waals surface area contributed by atoms with Crippen LogP contribution >= 0.6 is 24.0 Å². The third-order valence-corrected chi connectivity index (χ3v) is 5.52. The summed E-state index contributed by atoms with van der Waals surface area (Å²) in [5, 5.41) is 2.55. The van der Waals surface area contributed by atoms with Gasteiger partial charge >= 0.3 is 0 Å². The van der Waals surface area contributed by atoms with Gasteiger partial charge in [0.15, 0.2) is 0 Å². The molecule has 2 aromatic rings. The van der Waals surface area contributed by atoms with Crippen molar-refractivity contribution in [2.75, 3.05) is 13.1 Å². The highest BCUT2D eigenvalue weighted by atomic mass is 32.2. The van der Waals surface area contributed by atoms with E-state index in [9.17, 15) is 14.0 Å². The second kappa shape index (κ2) is 7.28. The van der Waals surface area contributed by atoms with Gasteiger partial charge in [-0.1, -0.05) is 36.1 Å². The number of hydrogen-bond acceptors (Lipinski definition) is 5. The van der Waals surface area contributed by atoms with Crippen molar-refractivity contribution in [3.63, 3.8) is 0 Å². The summed E-state index contributed by atoms with van der Waals surface area (Å²) in [5.74, 6) is 0.668. The molecule has 0 bridgehead atoms. The van der Waals surface area contributed by atoms with E-state index in [1.165, 1.54) is 16.7 Å². The molecule has 0 saturated carbocycles. The second-order valence-electron chi connectivity index (χ2n) is 6.27. The number of thioether (sulfide) groups is 1. The molecule has 2 amide bonds. The van der Waals surface area contributed by atoms with E-state index in [4.69, 9.17) is 16.6 Å². The van der Waals surface area contributed by atoms with Gasteiger partial charge in [-0.3, -0.25) is 9.59 Å². The molecular weight excluding hydrogens is 387 g/mol. The van der Waals surface area contributed by atoms with Crippen molar-refractivity contribution in [1.82, 2.24) is 10.2 Å². The fraction of sp³-hybridized carbons (Fsp3) is 0.211. The Morgan fingerprint density at radius 2 is 2.22 bits per heavy atom. The predicted molar refractivity (Wildman–Crippen MR) is 106 cm³/mol. The Morgan fingerprint density at radius 1 is 1.37 bits per heavy atom. The van der Waals surface area contributed by atoms with Crippen molar-refractivity contribution in [3.05, 3.63) is 52.6 Å². The van der Waals surface area contributed by atoms with Crippen molar-refractivity contribution < 1.29 is 18.4 Å². The van der Waals surface area contributed by atoms with Crippen molar-refractivity contribution in [2.45, 2.75) is 12.6 Å². The first-order valence-electron chi connectivity index (χ1n) is 8.38. The van der Waals surface area contributed by atoms with Crippen LogP contribution in [0.1, 0.15) is 22.5 Å². The summed E-state index contributed by atoms with van der Waals surface area (Å²) in [6.07, 6.45) is 1.07. The van der Waals surface area contributed by atoms with Gasteiger partial charge < -0.3 is 14.6 Å². The van der Waals surface area contributed by atoms with Crippen LogP contribution in [0.4, 0.5) is 4.39 Å². The minimum Gasteiger partial charge on any atom is -0.457 e. The smallest absolute Gasteiger partial charge is 0.263 e. The molecule has 2 saturated heterocycles. The van der Waals surface area contributed by atoms with Gasteiger partial charge in [0.25, 0.3) is 11.8 Å². The summed E-state index contributed by atoms with van der Waals surface area (Å²) in [4.78, 5) is 26.3. The van der Waals surface area contributed by atoms with Crippen molar-refractivity contribution in [1.29, 1.82) is 0 Å². The Bertz CT molecular complexity index is 969. The first-order valence-corrected chi connectivity index (χ1v) is 9.60. The maximum atomic E-state index is 13.4. The lowest BCUT2D eigenvalue weighted by Crippen LogP contribution is -2.28. The number of hydrogen-bond donors (Lipinski definition) is 1. The summed E-state index contributed by atoms with van der Waals surface area (Å²) < 4.78 is 19.6. The number of benzene rings is 1. The van der Waals surface area contributed by atoms with E-state index in [0.29, 0.717) is 39.3 Å². The van der Waals surface area contributed by atoms with Crippen LogP contribution in [0.3, 0.4) is 0 Å². The topological polar surface area (TPSA) is 62.6 Å². The summed E-state index contributed by atoms with van der Waals surface area (Å²) in [6.45, 7) is 0.577. The number of rotatable bonds is 3. The van der Waals surface area contributed by atoms with Crippen molar-refractivity contribution >= 4 is 46.2 Å². The van der Waals surface area contributed by atoms with Gasteiger partial charge in [-0.2, -0.15) is 0 Å². The predicted octanol–water partition coefficient (Wildman–Crippen LogP) is 3.62. The molecular formula is C19H15FN2O3S2. The molecule has 0 aliphatic carbocycles. The van der Waals surface area contributed by atoms with Crippen LogP contribution in [-0.4, -0.2) is 40.3 Å². The Balaban J connectivity index is 1.55. The Labute approximate surface area is 164 Å². The molecule has 1 N–H and O–H groups in total. The number of furan rings is 1. The monoisotopic (exact) mass is 402 g/mol. The molecule has 0 spiro atoms. The third-order valence-electron chi connectivity index (χ3n) is 4.35. The van der Waals surface area contributed by atoms with Crippen LogP contribution in [0.25, 0.3) is 17.4 Å². The largest absolute Gasteiger partial charge is 0.457 e. The third kappa shape index (κ3) is 3.81. The average Bonchev–Trinajstić information content (AvgIpc) is 3.36. The molecule has 27 heavy (non-hydrogen) atoms. The molecule has 5 nitrogen and oxygen atoms in total. The van der Waals surface area contributed by atoms with Gasteiger partial charge in [-0.05, 0) is 30.7 Å². The number of amides is 2. The number of likely N-dealkylation sites (tertiary alicyclic amines) is 1. The van der Waals surface area contributed by atoms with Gasteiger partial charge in [0.05, 0.1) is 11.4 Å². The number of halogens is 1. The lowest BCUT2D eigenvalue weighted by atomic mass is 10.1. The highest BCUT2D eigenvalue weighted by Gasteiger charge is 2.27. The zero-order chi connectivity index (χ0) is 19.0. The normalized spacial score (nSPS) is 21.1. The Hall–Kier alpha value is -2.45. The minimum absolute atomic E-state index is 0.142. The summed E-state index contributed by atoms with van der Waals surface area (Å²) in [6, 6.07) is 10.6. The van der Waals surface area contributed by atoms with E-state index in [1.807, 2.05) is 6.07 Å². The lowest BCUT2D eigenvalue weighted by molar-refractivity contribution is -0.115. The molecule has 2 aliphatic heterocycles. The van der Waals surface area contributed by atoms with Crippen LogP contribution in [0.15, 0.2) is 45.7 Å². The fourth-order valence-electron chi connectivity index (χ4n) is 3.03. The molecule has 1 aromatic carbocycles. The standard InChI is InChI=1S/C19H15FN2O3S2/c20-13-6-7-22(10-13)18(24)12-3-1-2-11(8-12)15-5-4-14(25-15)9-16-17(23)21-19(26)27-16/h1-5,8-9,13H,6-7,10H2,(H,21,23,26)/b16-9-/t13-/m0/s1. The minimum atomic E-state index is -0.948. The van der Waals surface area contributed by atoms with E-state index in [0.717, 1.165) is 5.56 Å². The first kappa shape index (κ1) is 17.9. The van der Waals surface area contributed by atoms with Crippen LogP contribution in [0, 0.1) is 0 Å². The fourth-order valence-corrected chi connectivity index (χ4v) is 4.05. The molecule has 0 unspecified atom stereocenters. The highest BCUT2D eigenvalue weighted by Crippen LogP contribution is 2.29. The Morgan fingerprint density at radius 3 is 2.93 bits per heavy atom. The highest BCUT2D eigenvalue weighted by molar-refractivity contribution is 8.26. The maximum absolute atomic E-state index is 13.4. The van der Waals surface area contributed by atoms with Gasteiger partial charge in [-0.15, -0.1) is 0 Å². The molecule has 2 aliphatic rings. The second-order valence-corrected chi connectivity index (χ2v) is 7.99. The quantitative estimate of drug-likeness (QED) is 0.628. The van der Waals surface area contributed by atoms with Crippen molar-refractivity contribution in [2.24, 2.45) is 0 Å². The van der Waals surface area contributed by atoms with E-state index >= 15 is 0 Å². The number of thiocarbonyl (C=S) groups is 1. The van der Waals surface area contributed by atoms with Gasteiger partial charge in [0, 0.05) is 23.7 Å². The number of nitrogens with zero attached hydrogens (tertiary/aromatic N) is 1. The van der Waals surface area contributed by atoms with Crippen molar-refractivity contribution in [3.8, 4) is 11.3 Å². The number of alkyl halides is 1. The summed E-state index contributed by atoms with van der Waals surface area (Å²) in [7, 11) is 0. The molecule has 3 heterocycles. The molecule has 0 radical (unpaired) electrons. The molecule has 1 atom stereocenters. The number of nitrogens with one attached hydrogen (secondary N) is 1. The molecule has 2 fully saturated rings. The Kier molecular flexibility index (Phi) is 4.84. The molecule has 1 aromatic heterocycles. The van der Waals surface area contributed by atoms with Crippen LogP contribution in [-0.2, 0) is 4.79 Å². The van der Waals surface area contributed by atoms with Gasteiger partial charge in [-0.25, -0.2) is 4.39 Å². The SMILES string of the molecule is O=C1NC(=S)S/C1=C\c1ccc(-c2cccc(C(=O)N3CC[C@H](F)C3)c2)o1. The van der Waals surface area contributed by atoms with Gasteiger partial charge in [0.2, 0.25) is 0 Å². The first-order chi connectivity index (χ1) is 13.0. The summed E-state index contributed by atoms with van der Waals surface area (Å²) >= 11 is 6.15. The van der Waals surface area contributed by atoms with Crippen LogP contribution < -0.4 is 5.32 Å².